The van der Waals surface area contributed by atoms with Gasteiger partial charge in [0.1, 0.15) is 41.7 Å². The molecule has 6 aliphatic rings. The Morgan fingerprint density at radius 3 is 2.43 bits per heavy atom. The van der Waals surface area contributed by atoms with E-state index < -0.39 is 58.6 Å². The van der Waals surface area contributed by atoms with E-state index in [1.807, 2.05) is 13.8 Å². The van der Waals surface area contributed by atoms with Crippen LogP contribution in [0.4, 0.5) is 0 Å². The van der Waals surface area contributed by atoms with Gasteiger partial charge in [-0.05, 0) is 19.9 Å². The van der Waals surface area contributed by atoms with Crippen LogP contribution < -0.4 is 0 Å². The van der Waals surface area contributed by atoms with E-state index in [0.29, 0.717) is 19.4 Å². The summed E-state index contributed by atoms with van der Waals surface area (Å²) < 4.78 is 36.2. The number of allylic oxidation sites excluding steroid dienone is 2. The quantitative estimate of drug-likeness (QED) is 0.368. The molecule has 37 heavy (non-hydrogen) atoms. The molecule has 4 aliphatic heterocycles. The Balaban J connectivity index is 1.40. The number of aliphatic hydroxyl groups excluding tert-OH is 1. The SMILES string of the molecule is C/C1=C/C(=O)CO[C@]23C[C@@H](O)[C@@]4(C)O[C@H]4[C@H]2O[C@@H]2C[C@@H](OC(=O)/C=C\C=C/C(=O)OCC1)[C@@]3(C)[C@@]21CO1. The fraction of sp³-hybridized carbons (Fsp3) is 0.667. The maximum Gasteiger partial charge on any atom is 0.331 e. The van der Waals surface area contributed by atoms with Gasteiger partial charge >= 0.3 is 11.9 Å². The highest BCUT2D eigenvalue weighted by atomic mass is 16.7. The van der Waals surface area contributed by atoms with Crippen LogP contribution in [0.25, 0.3) is 0 Å². The summed E-state index contributed by atoms with van der Waals surface area (Å²) in [4.78, 5) is 37.7. The van der Waals surface area contributed by atoms with Crippen molar-refractivity contribution in [3.05, 3.63) is 36.0 Å². The predicted molar refractivity (Wildman–Crippen MR) is 125 cm³/mol. The summed E-state index contributed by atoms with van der Waals surface area (Å²) in [6, 6.07) is 0. The van der Waals surface area contributed by atoms with Gasteiger partial charge in [0.05, 0.1) is 30.8 Å². The molecule has 0 aromatic carbocycles. The Labute approximate surface area is 214 Å². The van der Waals surface area contributed by atoms with E-state index in [0.717, 1.165) is 5.57 Å². The maximum atomic E-state index is 13.0. The molecular weight excluding hydrogens is 484 g/mol. The Kier molecular flexibility index (Phi) is 5.60. The average Bonchev–Trinajstić information content (AvgIpc) is 3.74. The van der Waals surface area contributed by atoms with E-state index in [4.69, 9.17) is 28.4 Å². The zero-order valence-electron chi connectivity index (χ0n) is 21.1. The standard InChI is InChI=1S/C27H32O10/c1-15-8-9-32-20(30)6-4-5-7-21(31)35-18-11-19-27(14-34-27)25(18,3)26(33-13-16(28)10-15)12-17(29)24(2)22(37-24)23(26)36-19/h4-7,10,17-19,22-23,29H,8-9,11-14H2,1-3H3/b6-4-,7-5-,15-10-/t17-,18-,19-,22+,23-,24-,25-,26-,27-/m1/s1. The number of carbonyl (C=O) groups excluding carboxylic acids is 3. The lowest BCUT2D eigenvalue weighted by Gasteiger charge is -2.59. The number of ketones is 1. The van der Waals surface area contributed by atoms with Crippen molar-refractivity contribution < 1.29 is 47.9 Å². The maximum absolute atomic E-state index is 13.0. The molecule has 0 aromatic heterocycles. The number of rotatable bonds is 0. The molecule has 2 aliphatic carbocycles. The minimum absolute atomic E-state index is 0.107. The first-order valence-electron chi connectivity index (χ1n) is 12.8. The van der Waals surface area contributed by atoms with Crippen LogP contribution in [0.15, 0.2) is 36.0 Å². The largest absolute Gasteiger partial charge is 0.462 e. The first kappa shape index (κ1) is 24.9. The van der Waals surface area contributed by atoms with Gasteiger partial charge in [0.2, 0.25) is 0 Å². The van der Waals surface area contributed by atoms with Crippen molar-refractivity contribution in [1.29, 1.82) is 0 Å². The smallest absolute Gasteiger partial charge is 0.331 e. The van der Waals surface area contributed by atoms with E-state index in [-0.39, 0.29) is 31.5 Å². The third kappa shape index (κ3) is 3.53. The predicted octanol–water partition coefficient (Wildman–Crippen LogP) is 1.10. The van der Waals surface area contributed by atoms with Crippen LogP contribution >= 0.6 is 0 Å². The van der Waals surface area contributed by atoms with E-state index >= 15 is 0 Å². The van der Waals surface area contributed by atoms with Crippen LogP contribution in [-0.4, -0.2) is 90.0 Å². The lowest BCUT2D eigenvalue weighted by Crippen LogP contribution is -2.75. The van der Waals surface area contributed by atoms with Gasteiger partial charge in [0.15, 0.2) is 5.78 Å². The van der Waals surface area contributed by atoms with Gasteiger partial charge in [-0.1, -0.05) is 24.6 Å². The highest BCUT2D eigenvalue weighted by Gasteiger charge is 2.88. The molecule has 5 fully saturated rings. The summed E-state index contributed by atoms with van der Waals surface area (Å²) in [7, 11) is 0. The van der Waals surface area contributed by atoms with Crippen molar-refractivity contribution >= 4 is 17.7 Å². The van der Waals surface area contributed by atoms with Gasteiger partial charge in [0.25, 0.3) is 0 Å². The zero-order valence-corrected chi connectivity index (χ0v) is 21.1. The summed E-state index contributed by atoms with van der Waals surface area (Å²) in [6.07, 6.45) is 4.76. The molecule has 0 aromatic rings. The van der Waals surface area contributed by atoms with Gasteiger partial charge in [-0.3, -0.25) is 4.79 Å². The molecule has 9 atom stereocenters. The van der Waals surface area contributed by atoms with Crippen molar-refractivity contribution in [2.24, 2.45) is 5.41 Å². The van der Waals surface area contributed by atoms with Crippen LogP contribution in [0.5, 0.6) is 0 Å². The third-order valence-electron chi connectivity index (χ3n) is 9.35. The minimum Gasteiger partial charge on any atom is -0.462 e. The number of hydrogen-bond acceptors (Lipinski definition) is 10. The molecule has 2 spiro atoms. The first-order chi connectivity index (χ1) is 17.6. The fourth-order valence-corrected chi connectivity index (χ4v) is 7.03. The highest BCUT2D eigenvalue weighted by Crippen LogP contribution is 2.72. The van der Waals surface area contributed by atoms with Crippen molar-refractivity contribution in [3.63, 3.8) is 0 Å². The lowest BCUT2D eigenvalue weighted by molar-refractivity contribution is -0.295. The monoisotopic (exact) mass is 516 g/mol. The van der Waals surface area contributed by atoms with Gasteiger partial charge in [-0.25, -0.2) is 9.59 Å². The third-order valence-corrected chi connectivity index (χ3v) is 9.35. The van der Waals surface area contributed by atoms with Gasteiger partial charge in [0, 0.05) is 31.4 Å². The highest BCUT2D eigenvalue weighted by molar-refractivity contribution is 5.91. The lowest BCUT2D eigenvalue weighted by atomic mass is 9.55. The van der Waals surface area contributed by atoms with E-state index in [2.05, 4.69) is 0 Å². The Hall–Kier alpha value is -2.37. The van der Waals surface area contributed by atoms with Crippen LogP contribution in [0.2, 0.25) is 0 Å². The first-order valence-corrected chi connectivity index (χ1v) is 12.8. The summed E-state index contributed by atoms with van der Waals surface area (Å²) in [6.45, 7) is 5.82. The molecule has 10 heteroatoms. The van der Waals surface area contributed by atoms with Crippen molar-refractivity contribution in [2.75, 3.05) is 19.8 Å². The molecule has 1 N–H and O–H groups in total. The van der Waals surface area contributed by atoms with Crippen LogP contribution in [0.3, 0.4) is 0 Å². The number of hydrogen-bond donors (Lipinski definition) is 1. The van der Waals surface area contributed by atoms with Crippen molar-refractivity contribution in [3.8, 4) is 0 Å². The van der Waals surface area contributed by atoms with Gasteiger partial charge in [-0.15, -0.1) is 0 Å². The number of fused-ring (bicyclic) bond motifs is 2. The summed E-state index contributed by atoms with van der Waals surface area (Å²) in [5.41, 5.74) is -2.91. The van der Waals surface area contributed by atoms with E-state index in [9.17, 15) is 19.5 Å². The molecular formula is C27H32O10. The van der Waals surface area contributed by atoms with Crippen LogP contribution in [0.1, 0.15) is 40.0 Å². The summed E-state index contributed by atoms with van der Waals surface area (Å²) in [5.74, 6) is -1.43. The number of cyclic esters (lactones) is 1. The summed E-state index contributed by atoms with van der Waals surface area (Å²) in [5, 5.41) is 11.2. The molecule has 2 saturated carbocycles. The van der Waals surface area contributed by atoms with Crippen LogP contribution in [-0.2, 0) is 42.8 Å². The topological polar surface area (TPSA) is 133 Å². The molecule has 0 unspecified atom stereocenters. The molecule has 10 nitrogen and oxygen atoms in total. The number of esters is 2. The number of aliphatic hydroxyl groups is 1. The number of ether oxygens (including phenoxy) is 6. The second kappa shape index (κ2) is 8.31. The Bertz CT molecular complexity index is 1120. The Morgan fingerprint density at radius 2 is 1.70 bits per heavy atom. The number of carbonyl (C=O) groups is 3. The molecule has 4 heterocycles. The molecule has 0 amide bonds. The Morgan fingerprint density at radius 1 is 0.973 bits per heavy atom. The molecule has 6 rings (SSSR count). The van der Waals surface area contributed by atoms with Crippen molar-refractivity contribution in [1.82, 2.24) is 0 Å². The van der Waals surface area contributed by atoms with Gasteiger partial charge in [-0.2, -0.15) is 0 Å². The van der Waals surface area contributed by atoms with E-state index in [1.54, 1.807) is 6.92 Å². The fourth-order valence-electron chi connectivity index (χ4n) is 7.03. The second-order valence-corrected chi connectivity index (χ2v) is 11.3. The van der Waals surface area contributed by atoms with Crippen LogP contribution in [0, 0.1) is 5.41 Å². The van der Waals surface area contributed by atoms with Gasteiger partial charge < -0.3 is 33.5 Å². The average molecular weight is 517 g/mol. The molecule has 200 valence electrons. The summed E-state index contributed by atoms with van der Waals surface area (Å²) >= 11 is 0. The number of epoxide rings is 2. The minimum atomic E-state index is -1.20. The normalized spacial score (nSPS) is 52.4. The zero-order chi connectivity index (χ0) is 26.2. The van der Waals surface area contributed by atoms with Crippen molar-refractivity contribution in [2.45, 2.75) is 87.4 Å². The van der Waals surface area contributed by atoms with E-state index in [1.165, 1.54) is 30.4 Å². The second-order valence-electron chi connectivity index (χ2n) is 11.3. The molecule has 0 radical (unpaired) electrons. The molecule has 2 bridgehead atoms. The molecule has 3 saturated heterocycles.